The minimum atomic E-state index is 0.770. The van der Waals surface area contributed by atoms with Crippen LogP contribution < -0.4 is 0 Å². The summed E-state index contributed by atoms with van der Waals surface area (Å²) in [6, 6.07) is 9.83. The molecule has 0 bridgehead atoms. The van der Waals surface area contributed by atoms with Crippen LogP contribution >= 0.6 is 11.8 Å². The molecule has 1 unspecified atom stereocenters. The molecule has 1 aliphatic heterocycles. The maximum Gasteiger partial charge on any atom is 0.0263 e. The maximum atomic E-state index is 2.81. The molecule has 1 saturated carbocycles. The molecular formula is C18H27NS. The molecule has 0 radical (unpaired) electrons. The molecule has 1 nitrogen and oxygen atoms in total. The van der Waals surface area contributed by atoms with Crippen LogP contribution in [0.25, 0.3) is 0 Å². The Morgan fingerprint density at radius 3 is 2.65 bits per heavy atom. The van der Waals surface area contributed by atoms with Crippen LogP contribution in [0.5, 0.6) is 0 Å². The molecule has 0 N–H and O–H groups in total. The van der Waals surface area contributed by atoms with Gasteiger partial charge in [-0.1, -0.05) is 44.9 Å². The first-order valence-electron chi connectivity index (χ1n) is 8.21. The topological polar surface area (TPSA) is 3.24 Å². The number of rotatable bonds is 5. The smallest absolute Gasteiger partial charge is 0.0263 e. The average molecular weight is 289 g/mol. The minimum Gasteiger partial charge on any atom is -0.299 e. The van der Waals surface area contributed by atoms with Gasteiger partial charge >= 0.3 is 0 Å². The van der Waals surface area contributed by atoms with E-state index in [1.807, 2.05) is 0 Å². The number of hydrogen-bond donors (Lipinski definition) is 0. The molecule has 2 heteroatoms. The fourth-order valence-corrected chi connectivity index (χ4v) is 5.08. The molecule has 0 spiro atoms. The van der Waals surface area contributed by atoms with E-state index in [9.17, 15) is 0 Å². The summed E-state index contributed by atoms with van der Waals surface area (Å²) < 4.78 is 0. The molecule has 110 valence electrons. The lowest BCUT2D eigenvalue weighted by Crippen LogP contribution is -2.40. The summed E-state index contributed by atoms with van der Waals surface area (Å²) in [5, 5.41) is 0.770. The fourth-order valence-electron chi connectivity index (χ4n) is 3.73. The molecular weight excluding hydrogens is 262 g/mol. The van der Waals surface area contributed by atoms with Crippen LogP contribution in [0.15, 0.2) is 29.2 Å². The second-order valence-electron chi connectivity index (χ2n) is 6.84. The third kappa shape index (κ3) is 3.40. The molecule has 1 atom stereocenters. The second-order valence-corrected chi connectivity index (χ2v) is 8.18. The highest BCUT2D eigenvalue weighted by Crippen LogP contribution is 2.38. The van der Waals surface area contributed by atoms with Crippen LogP contribution in [0, 0.1) is 5.92 Å². The fraction of sp³-hybridized carbons (Fsp3) is 0.667. The van der Waals surface area contributed by atoms with Gasteiger partial charge in [-0.25, -0.2) is 0 Å². The zero-order valence-corrected chi connectivity index (χ0v) is 13.7. The number of thioether (sulfide) groups is 1. The van der Waals surface area contributed by atoms with E-state index in [2.05, 4.69) is 54.8 Å². The van der Waals surface area contributed by atoms with Gasteiger partial charge in [0.15, 0.2) is 0 Å². The predicted molar refractivity (Wildman–Crippen MR) is 88.5 cm³/mol. The van der Waals surface area contributed by atoms with E-state index in [-0.39, 0.29) is 0 Å². The summed E-state index contributed by atoms with van der Waals surface area (Å²) in [6.07, 6.45) is 7.00. The Bertz CT molecular complexity index is 412. The quantitative estimate of drug-likeness (QED) is 0.779. The first kappa shape index (κ1) is 14.5. The van der Waals surface area contributed by atoms with Crippen molar-refractivity contribution in [2.75, 3.05) is 13.1 Å². The van der Waals surface area contributed by atoms with Gasteiger partial charge in [0.25, 0.3) is 0 Å². The van der Waals surface area contributed by atoms with Crippen LogP contribution in [-0.4, -0.2) is 29.3 Å². The lowest BCUT2D eigenvalue weighted by molar-refractivity contribution is 0.178. The lowest BCUT2D eigenvalue weighted by atomic mass is 10.1. The van der Waals surface area contributed by atoms with Crippen molar-refractivity contribution in [1.29, 1.82) is 0 Å². The molecule has 20 heavy (non-hydrogen) atoms. The Labute approximate surface area is 128 Å². The number of hydrogen-bond acceptors (Lipinski definition) is 2. The Morgan fingerprint density at radius 1 is 1.20 bits per heavy atom. The number of nitrogens with zero attached hydrogens (tertiary/aromatic N) is 1. The van der Waals surface area contributed by atoms with Gasteiger partial charge in [-0.3, -0.25) is 4.90 Å². The monoisotopic (exact) mass is 289 g/mol. The van der Waals surface area contributed by atoms with Crippen LogP contribution in [-0.2, 0) is 6.42 Å². The molecule has 1 heterocycles. The van der Waals surface area contributed by atoms with E-state index < -0.39 is 0 Å². The van der Waals surface area contributed by atoms with Gasteiger partial charge in [-0.15, -0.1) is 11.8 Å². The van der Waals surface area contributed by atoms with Crippen molar-refractivity contribution in [2.45, 2.75) is 62.1 Å². The summed E-state index contributed by atoms with van der Waals surface area (Å²) in [7, 11) is 0. The van der Waals surface area contributed by atoms with Gasteiger partial charge < -0.3 is 0 Å². The zero-order chi connectivity index (χ0) is 13.9. The molecule has 2 aliphatic rings. The molecule has 0 amide bonds. The van der Waals surface area contributed by atoms with E-state index >= 15 is 0 Å². The van der Waals surface area contributed by atoms with Crippen LogP contribution in [0.3, 0.4) is 0 Å². The van der Waals surface area contributed by atoms with Crippen molar-refractivity contribution in [2.24, 2.45) is 5.92 Å². The number of fused-ring (bicyclic) bond motifs is 1. The summed E-state index contributed by atoms with van der Waals surface area (Å²) in [4.78, 5) is 4.33. The highest BCUT2D eigenvalue weighted by molar-refractivity contribution is 8.00. The van der Waals surface area contributed by atoms with Gasteiger partial charge in [0.1, 0.15) is 0 Å². The molecule has 1 aromatic rings. The Balaban J connectivity index is 1.62. The first-order valence-corrected chi connectivity index (χ1v) is 9.09. The molecule has 1 fully saturated rings. The van der Waals surface area contributed by atoms with E-state index in [0.29, 0.717) is 0 Å². The van der Waals surface area contributed by atoms with Crippen LogP contribution in [0.4, 0.5) is 0 Å². The summed E-state index contributed by atoms with van der Waals surface area (Å²) in [5.41, 5.74) is 1.57. The second kappa shape index (κ2) is 6.53. The molecule has 0 saturated heterocycles. The first-order chi connectivity index (χ1) is 9.72. The normalized spacial score (nSPS) is 22.9. The zero-order valence-electron chi connectivity index (χ0n) is 12.8. The highest BCUT2D eigenvalue weighted by atomic mass is 32.2. The minimum absolute atomic E-state index is 0.770. The third-order valence-electron chi connectivity index (χ3n) is 4.59. The standard InChI is InChI=1S/C18H27NS/c1-14(2)12-19(16-8-4-5-9-16)13-17-11-15-7-3-6-10-18(15)20-17/h3,6-7,10,14,16-17H,4-5,8-9,11-13H2,1-2H3. The van der Waals surface area contributed by atoms with E-state index in [1.54, 1.807) is 5.56 Å². The summed E-state index contributed by atoms with van der Waals surface area (Å²) in [5.74, 6) is 0.782. The Hall–Kier alpha value is -0.470. The van der Waals surface area contributed by atoms with Gasteiger partial charge in [-0.05, 0) is 36.8 Å². The number of benzene rings is 1. The van der Waals surface area contributed by atoms with Crippen molar-refractivity contribution in [3.63, 3.8) is 0 Å². The average Bonchev–Trinajstić information content (AvgIpc) is 3.06. The van der Waals surface area contributed by atoms with E-state index in [0.717, 1.165) is 17.2 Å². The van der Waals surface area contributed by atoms with Crippen LogP contribution in [0.1, 0.15) is 45.1 Å². The van der Waals surface area contributed by atoms with Crippen LogP contribution in [0.2, 0.25) is 0 Å². The molecule has 1 aliphatic carbocycles. The SMILES string of the molecule is CC(C)CN(CC1Cc2ccccc2S1)C1CCCC1. The lowest BCUT2D eigenvalue weighted by Gasteiger charge is -2.32. The van der Waals surface area contributed by atoms with Gasteiger partial charge in [-0.2, -0.15) is 0 Å². The Morgan fingerprint density at radius 2 is 1.95 bits per heavy atom. The third-order valence-corrected chi connectivity index (χ3v) is 5.89. The summed E-state index contributed by atoms with van der Waals surface area (Å²) >= 11 is 2.11. The molecule has 3 rings (SSSR count). The van der Waals surface area contributed by atoms with Gasteiger partial charge in [0.2, 0.25) is 0 Å². The van der Waals surface area contributed by atoms with Crippen molar-refractivity contribution >= 4 is 11.8 Å². The van der Waals surface area contributed by atoms with Crippen molar-refractivity contribution in [1.82, 2.24) is 4.90 Å². The van der Waals surface area contributed by atoms with E-state index in [4.69, 9.17) is 0 Å². The maximum absolute atomic E-state index is 2.81. The summed E-state index contributed by atoms with van der Waals surface area (Å²) in [6.45, 7) is 7.28. The highest BCUT2D eigenvalue weighted by Gasteiger charge is 2.28. The van der Waals surface area contributed by atoms with Gasteiger partial charge in [0, 0.05) is 29.3 Å². The van der Waals surface area contributed by atoms with E-state index in [1.165, 1.54) is 50.1 Å². The molecule has 0 aromatic heterocycles. The Kier molecular flexibility index (Phi) is 4.72. The van der Waals surface area contributed by atoms with Crippen molar-refractivity contribution < 1.29 is 0 Å². The van der Waals surface area contributed by atoms with Gasteiger partial charge in [0.05, 0.1) is 0 Å². The predicted octanol–water partition coefficient (Wildman–Crippen LogP) is 4.60. The molecule has 1 aromatic carbocycles. The van der Waals surface area contributed by atoms with Crippen molar-refractivity contribution in [3.05, 3.63) is 29.8 Å². The largest absolute Gasteiger partial charge is 0.299 e. The van der Waals surface area contributed by atoms with Crippen molar-refractivity contribution in [3.8, 4) is 0 Å².